The fourth-order valence-electron chi connectivity index (χ4n) is 23.0. The number of urea groups is 1. The maximum Gasteiger partial charge on any atom is 0.317 e. The first-order chi connectivity index (χ1) is 70.9. The number of aromatic amines is 4. The van der Waals surface area contributed by atoms with Crippen molar-refractivity contribution >= 4 is 113 Å². The van der Waals surface area contributed by atoms with Gasteiger partial charge in [-0.05, 0) is 200 Å². The Morgan fingerprint density at radius 2 is 0.800 bits per heavy atom. The van der Waals surface area contributed by atoms with Gasteiger partial charge in [0.05, 0.1) is 65.1 Å². The molecule has 28 rings (SSSR count). The summed E-state index contributed by atoms with van der Waals surface area (Å²) in [5.74, 6) is 7.37. The number of aryl methyl sites for hydroxylation is 1. The third-order valence-corrected chi connectivity index (χ3v) is 31.1. The summed E-state index contributed by atoms with van der Waals surface area (Å²) in [7, 11) is 0. The molecule has 28 nitrogen and oxygen atoms in total. The number of hydrogen-bond acceptors (Lipinski definition) is 22. The van der Waals surface area contributed by atoms with Crippen LogP contribution in [0.3, 0.4) is 0 Å². The number of nitrogens with one attached hydrogen (secondary N) is 10. The molecule has 10 N–H and O–H groups in total. The number of rotatable bonds is 19. The summed E-state index contributed by atoms with van der Waals surface area (Å²) in [5, 5.41) is 28.5. The molecule has 734 valence electrons. The second-order valence-electron chi connectivity index (χ2n) is 39.6. The minimum Gasteiger partial charge on any atom is -0.472 e. The van der Waals surface area contributed by atoms with Crippen molar-refractivity contribution in [1.82, 2.24) is 100 Å². The third-order valence-electron chi connectivity index (χ3n) is 30.4. The molecule has 1 saturated heterocycles. The van der Waals surface area contributed by atoms with Crippen molar-refractivity contribution < 1.29 is 36.0 Å². The molecule has 1 aliphatic heterocycles. The second kappa shape index (κ2) is 40.6. The van der Waals surface area contributed by atoms with Gasteiger partial charge in [-0.25, -0.2) is 87.1 Å². The van der Waals surface area contributed by atoms with Crippen molar-refractivity contribution in [3.8, 4) is 90.6 Å². The van der Waals surface area contributed by atoms with Gasteiger partial charge in [-0.2, -0.15) is 0 Å². The van der Waals surface area contributed by atoms with Crippen LogP contribution in [0.5, 0.6) is 0 Å². The van der Waals surface area contributed by atoms with E-state index in [-0.39, 0.29) is 41.9 Å². The van der Waals surface area contributed by atoms with E-state index in [4.69, 9.17) is 48.7 Å². The number of nitrogens with zero attached hydrogens (tertiary/aromatic N) is 14. The number of hydrogen-bond donors (Lipinski definition) is 10. The van der Waals surface area contributed by atoms with Gasteiger partial charge in [-0.15, -0.1) is 11.3 Å². The average molecular weight is 1960 g/mol. The van der Waals surface area contributed by atoms with Gasteiger partial charge in [-0.1, -0.05) is 105 Å². The zero-order valence-corrected chi connectivity index (χ0v) is 81.1. The molecule has 4 bridgehead atoms. The second-order valence-corrected chi connectivity index (χ2v) is 40.6. The number of likely N-dealkylation sites (tertiary alicyclic amines) is 1. The van der Waals surface area contributed by atoms with Gasteiger partial charge in [0.1, 0.15) is 86.0 Å². The molecule has 9 aliphatic rings. The Balaban J connectivity index is 0.000000107. The number of H-pyrrole nitrogens is 4. The first-order valence-electron chi connectivity index (χ1n) is 50.4. The van der Waals surface area contributed by atoms with Crippen LogP contribution in [-0.2, 0) is 0 Å². The highest BCUT2D eigenvalue weighted by Gasteiger charge is 2.44. The standard InChI is InChI=1S/C32H28FN5O.C28H26FN7OS.C28H30FN7O.C24H24FN5O/c1-17-18-9-11-19(12-10-18)29(17)37-28-14-26(23-7-4-6-22-21-5-2-3-8-27(21)39-30(22)23)36-32(38-28)25-16-35-31-24(25)13-20(33)15-34-31;1-16-32-24(15-38-16)28(37)34-20-9-5-8-19(11-20)33-25-12-23(17-6-3-2-4-7-17)35-27(36-25)22-14-31-26-21(22)10-18(29)13-30-26;29-19-13-22-23(17-31-26(22)30-16-19)27-34-24(18-7-2-1-3-8-18)15-25(35-27)32-20-9-6-10-21(14-20)33-28(37)36-11-4-5-12-36;1-13-14-2-4-15(5-3-14)22(13)29-21-9-20(16-6-7-31-12-16)28-24(30-21)19-11-27-23-18(19)8-17(25)10-26-23/h2-8,13-19,29H,9-12H2,1H3,(H,34,35)(H,36,37,38);2-4,6-7,10,12-15,19-20H,5,8-9,11H2,1H3,(H,30,31)(H,34,37)(H,33,35,36);1-3,7-8,13,15-17,20-21H,4-6,9-12,14H2,(H,30,31)(H,33,37)(H,32,34,35);6-15,22H,2-5H2,1H3,(H,26,27)(H,28,29,30). The molecule has 33 heteroatoms. The highest BCUT2D eigenvalue weighted by atomic mass is 32.1. The maximum atomic E-state index is 14.2. The molecule has 4 aromatic carbocycles. The van der Waals surface area contributed by atoms with Crippen LogP contribution in [0.15, 0.2) is 234 Å². The van der Waals surface area contributed by atoms with E-state index < -0.39 is 17.5 Å². The molecular weight excluding hydrogens is 1850 g/mol. The van der Waals surface area contributed by atoms with Gasteiger partial charge in [0.15, 0.2) is 23.3 Å². The molecule has 8 atom stereocenters. The van der Waals surface area contributed by atoms with Crippen LogP contribution in [0.25, 0.3) is 157 Å². The van der Waals surface area contributed by atoms with Crippen LogP contribution in [0.1, 0.15) is 145 Å². The Morgan fingerprint density at radius 3 is 1.24 bits per heavy atom. The lowest BCUT2D eigenvalue weighted by atomic mass is 9.62. The summed E-state index contributed by atoms with van der Waals surface area (Å²) < 4.78 is 67.8. The van der Waals surface area contributed by atoms with E-state index in [0.29, 0.717) is 132 Å². The summed E-state index contributed by atoms with van der Waals surface area (Å²) >= 11 is 1.47. The fourth-order valence-corrected chi connectivity index (χ4v) is 23.5. The molecule has 9 fully saturated rings. The molecule has 16 heterocycles. The lowest BCUT2D eigenvalue weighted by Crippen LogP contribution is -2.47. The number of carbonyl (C=O) groups is 2. The monoisotopic (exact) mass is 1960 g/mol. The Bertz CT molecular complexity index is 7920. The number of thiazole rings is 1. The van der Waals surface area contributed by atoms with Gasteiger partial charge >= 0.3 is 6.03 Å². The van der Waals surface area contributed by atoms with E-state index in [0.717, 1.165) is 184 Å². The summed E-state index contributed by atoms with van der Waals surface area (Å²) in [6.07, 6.45) is 35.3. The number of benzene rings is 4. The number of furan rings is 2. The quantitative estimate of drug-likeness (QED) is 0.0336. The first-order valence-corrected chi connectivity index (χ1v) is 51.3. The molecule has 19 aromatic rings. The van der Waals surface area contributed by atoms with Gasteiger partial charge in [-0.3, -0.25) is 4.79 Å². The Hall–Kier alpha value is -15.7. The Labute approximate surface area is 836 Å². The van der Waals surface area contributed by atoms with Crippen LogP contribution in [0.2, 0.25) is 0 Å². The SMILES string of the molecule is CC1C2CCC(CC2)C1Nc1cc(-c2cccc3c2oc2ccccc23)nc(-c2c[nH]c3ncc(F)cc23)n1.CC1C2CCC(CC2)C1Nc1cc(-c2ccoc2)nc(-c2c[nH]c3ncc(F)cc23)n1.Cc1nc(C(=O)NC2CCCC(Nc3cc(-c4ccccc4)nc(-c4c[nH]c5ncc(F)cc45)n3)C2)cs1.O=C(NC1CCCC(Nc2cc(-c3ccccc3)nc(-c3c[nH]c4ncc(F)cc34)n2)C1)N1CCCC1. The number of carbonyl (C=O) groups excluding carboxylic acids is 2. The molecular formula is C112H108F4N24O4S. The van der Waals surface area contributed by atoms with Crippen LogP contribution < -0.4 is 31.9 Å². The summed E-state index contributed by atoms with van der Waals surface area (Å²) in [5.41, 5.74) is 14.1. The topological polar surface area (TPSA) is 367 Å². The summed E-state index contributed by atoms with van der Waals surface area (Å²) in [6.45, 7) is 8.32. The van der Waals surface area contributed by atoms with Crippen molar-refractivity contribution in [3.05, 3.63) is 259 Å². The molecule has 8 aliphatic carbocycles. The van der Waals surface area contributed by atoms with Crippen LogP contribution in [0.4, 0.5) is 45.6 Å². The number of halogens is 4. The number of pyridine rings is 4. The first kappa shape index (κ1) is 93.0. The van der Waals surface area contributed by atoms with E-state index in [1.807, 2.05) is 139 Å². The van der Waals surface area contributed by atoms with Crippen LogP contribution in [-0.4, -0.2) is 151 Å². The predicted octanol–water partition coefficient (Wildman–Crippen LogP) is 24.7. The zero-order chi connectivity index (χ0) is 98.3. The molecule has 0 spiro atoms. The van der Waals surface area contributed by atoms with Crippen molar-refractivity contribution in [2.45, 2.75) is 173 Å². The van der Waals surface area contributed by atoms with E-state index in [9.17, 15) is 27.2 Å². The summed E-state index contributed by atoms with van der Waals surface area (Å²) in [6, 6.07) is 51.1. The third kappa shape index (κ3) is 20.0. The van der Waals surface area contributed by atoms with Gasteiger partial charge in [0, 0.05) is 181 Å². The minimum absolute atomic E-state index is 0.0494. The molecule has 3 amide bonds. The highest BCUT2D eigenvalue weighted by Crippen LogP contribution is 2.49. The van der Waals surface area contributed by atoms with Crippen LogP contribution >= 0.6 is 11.3 Å². The predicted molar refractivity (Wildman–Crippen MR) is 557 cm³/mol. The van der Waals surface area contributed by atoms with Crippen LogP contribution in [0, 0.1) is 65.7 Å². The van der Waals surface area contributed by atoms with E-state index in [2.05, 4.69) is 103 Å². The highest BCUT2D eigenvalue weighted by molar-refractivity contribution is 7.09. The molecule has 145 heavy (non-hydrogen) atoms. The minimum atomic E-state index is -0.418. The van der Waals surface area contributed by atoms with E-state index in [1.165, 1.54) is 112 Å². The fraction of sp³-hybridized carbons (Fsp3) is 0.312. The van der Waals surface area contributed by atoms with Crippen molar-refractivity contribution in [3.63, 3.8) is 0 Å². The van der Waals surface area contributed by atoms with E-state index in [1.54, 1.807) is 36.5 Å². The van der Waals surface area contributed by atoms with Gasteiger partial charge in [0.2, 0.25) is 0 Å². The molecule has 0 radical (unpaired) electrons. The lowest BCUT2D eigenvalue weighted by molar-refractivity contribution is 0.0921. The number of fused-ring (bicyclic) bond motifs is 13. The lowest BCUT2D eigenvalue weighted by Gasteiger charge is -2.47. The maximum absolute atomic E-state index is 14.2. The number of amides is 3. The Morgan fingerprint density at radius 1 is 0.393 bits per heavy atom. The molecule has 8 saturated carbocycles. The summed E-state index contributed by atoms with van der Waals surface area (Å²) in [4.78, 5) is 99.5. The van der Waals surface area contributed by atoms with Gasteiger partial charge in [0.25, 0.3) is 5.91 Å². The van der Waals surface area contributed by atoms with Crippen molar-refractivity contribution in [2.24, 2.45) is 35.5 Å². The van der Waals surface area contributed by atoms with E-state index >= 15 is 0 Å². The largest absolute Gasteiger partial charge is 0.472 e. The normalized spacial score (nSPS) is 21.1. The average Bonchev–Trinajstić information content (AvgIpc) is 1.63. The molecule has 8 unspecified atom stereocenters. The zero-order valence-electron chi connectivity index (χ0n) is 80.2. The van der Waals surface area contributed by atoms with Gasteiger partial charge < -0.3 is 65.6 Å². The number of aromatic nitrogens is 17. The van der Waals surface area contributed by atoms with Crippen molar-refractivity contribution in [1.29, 1.82) is 0 Å². The smallest absolute Gasteiger partial charge is 0.317 e. The number of para-hydroxylation sites is 2. The van der Waals surface area contributed by atoms with Crippen molar-refractivity contribution in [2.75, 3.05) is 34.4 Å². The number of anilines is 4. The Kier molecular flexibility index (Phi) is 26.1. The molecule has 15 aromatic heterocycles.